The van der Waals surface area contributed by atoms with E-state index in [0.717, 1.165) is 0 Å². The van der Waals surface area contributed by atoms with E-state index >= 15 is 0 Å². The van der Waals surface area contributed by atoms with Crippen LogP contribution in [0, 0.1) is 0 Å². The third-order valence-corrected chi connectivity index (χ3v) is 2.28. The van der Waals surface area contributed by atoms with Gasteiger partial charge in [0, 0.05) is 0 Å². The van der Waals surface area contributed by atoms with E-state index in [1.54, 1.807) is 48.9 Å². The van der Waals surface area contributed by atoms with Gasteiger partial charge >= 0.3 is 11.9 Å². The van der Waals surface area contributed by atoms with E-state index < -0.39 is 24.0 Å². The molecule has 0 aliphatic carbocycles. The predicted molar refractivity (Wildman–Crippen MR) is 61.5 cm³/mol. The zero-order chi connectivity index (χ0) is 12.1. The van der Waals surface area contributed by atoms with Gasteiger partial charge < -0.3 is 15.4 Å². The lowest BCUT2D eigenvalue weighted by Gasteiger charge is -2.17. The van der Waals surface area contributed by atoms with Crippen LogP contribution in [-0.2, 0) is 14.3 Å². The van der Waals surface area contributed by atoms with Crippen LogP contribution in [0.5, 0.6) is 0 Å². The van der Waals surface area contributed by atoms with E-state index in [1.165, 1.54) is 0 Å². The second kappa shape index (κ2) is 5.16. The lowest BCUT2D eigenvalue weighted by Crippen LogP contribution is -2.40. The van der Waals surface area contributed by atoms with Crippen molar-refractivity contribution < 1.29 is 14.3 Å². The minimum Gasteiger partial charge on any atom is -0.390 e. The summed E-state index contributed by atoms with van der Waals surface area (Å²) < 4.78 is 4.76. The molecule has 2 unspecified atom stereocenters. The fraction of sp³-hybridized carbons (Fsp3) is 0.167. The number of carbonyl (C=O) groups is 2. The Morgan fingerprint density at radius 1 is 0.824 bits per heavy atom. The zero-order valence-electron chi connectivity index (χ0n) is 9.00. The molecule has 0 spiro atoms. The van der Waals surface area contributed by atoms with E-state index in [-0.39, 0.29) is 0 Å². The van der Waals surface area contributed by atoms with E-state index in [0.29, 0.717) is 0 Å². The maximum atomic E-state index is 11.6. The summed E-state index contributed by atoms with van der Waals surface area (Å²) in [4.78, 5) is 23.2. The zero-order valence-corrected chi connectivity index (χ0v) is 9.00. The molecule has 0 aromatic rings. The topological polar surface area (TPSA) is 67.4 Å². The molecule has 0 amide bonds. The fourth-order valence-corrected chi connectivity index (χ4v) is 1.41. The molecule has 5 heteroatoms. The molecule has 5 nitrogen and oxygen atoms in total. The predicted octanol–water partition coefficient (Wildman–Crippen LogP) is 0.140. The number of esters is 2. The summed E-state index contributed by atoms with van der Waals surface area (Å²) >= 11 is 0. The van der Waals surface area contributed by atoms with Crippen LogP contribution in [0.3, 0.4) is 0 Å². The number of dihydropyridines is 2. The molecule has 2 aliphatic rings. The number of carbonyl (C=O) groups excluding carboxylic acids is 2. The second-order valence-electron chi connectivity index (χ2n) is 3.52. The summed E-state index contributed by atoms with van der Waals surface area (Å²) in [5, 5.41) is 5.56. The van der Waals surface area contributed by atoms with Crippen LogP contribution in [0.15, 0.2) is 48.9 Å². The molecule has 88 valence electrons. The van der Waals surface area contributed by atoms with Crippen LogP contribution >= 0.6 is 0 Å². The number of rotatable bonds is 2. The molecule has 17 heavy (non-hydrogen) atoms. The highest BCUT2D eigenvalue weighted by Crippen LogP contribution is 2.02. The van der Waals surface area contributed by atoms with Gasteiger partial charge in [0.1, 0.15) is 12.1 Å². The quantitative estimate of drug-likeness (QED) is 0.523. The first-order chi connectivity index (χ1) is 8.27. The van der Waals surface area contributed by atoms with Crippen LogP contribution in [0.25, 0.3) is 0 Å². The van der Waals surface area contributed by atoms with Crippen molar-refractivity contribution in [1.29, 1.82) is 0 Å². The Balaban J connectivity index is 1.88. The smallest absolute Gasteiger partial charge is 0.340 e. The molecule has 0 radical (unpaired) electrons. The molecule has 0 fully saturated rings. The average Bonchev–Trinajstić information content (AvgIpc) is 2.40. The highest BCUT2D eigenvalue weighted by Gasteiger charge is 2.24. The van der Waals surface area contributed by atoms with Crippen LogP contribution in [0.4, 0.5) is 0 Å². The summed E-state index contributed by atoms with van der Waals surface area (Å²) in [7, 11) is 0. The molecular formula is C12H12N2O3. The molecule has 0 saturated heterocycles. The van der Waals surface area contributed by atoms with E-state index in [4.69, 9.17) is 4.74 Å². The first kappa shape index (κ1) is 11.2. The minimum absolute atomic E-state index is 0.605. The summed E-state index contributed by atoms with van der Waals surface area (Å²) in [6.45, 7) is 0. The molecule has 0 bridgehead atoms. The van der Waals surface area contributed by atoms with E-state index in [1.807, 2.05) is 0 Å². The average molecular weight is 232 g/mol. The maximum Gasteiger partial charge on any atom is 0.340 e. The van der Waals surface area contributed by atoms with Gasteiger partial charge in [0.15, 0.2) is 0 Å². The Hall–Kier alpha value is -2.30. The number of nitrogens with one attached hydrogen (secondary N) is 2. The van der Waals surface area contributed by atoms with Crippen LogP contribution in [0.1, 0.15) is 0 Å². The molecule has 2 atom stereocenters. The van der Waals surface area contributed by atoms with Gasteiger partial charge in [0.2, 0.25) is 0 Å². The molecule has 2 heterocycles. The molecule has 2 rings (SSSR count). The molecular weight excluding hydrogens is 220 g/mol. The normalized spacial score (nSPS) is 24.9. The van der Waals surface area contributed by atoms with Crippen LogP contribution in [-0.4, -0.2) is 24.0 Å². The fourth-order valence-electron chi connectivity index (χ4n) is 1.41. The number of hydrogen-bond donors (Lipinski definition) is 2. The van der Waals surface area contributed by atoms with E-state index in [9.17, 15) is 9.59 Å². The lowest BCUT2D eigenvalue weighted by molar-refractivity contribution is -0.160. The Morgan fingerprint density at radius 2 is 1.29 bits per heavy atom. The minimum atomic E-state index is -0.611. The van der Waals surface area contributed by atoms with Gasteiger partial charge in [-0.3, -0.25) is 0 Å². The number of hydrogen-bond acceptors (Lipinski definition) is 5. The van der Waals surface area contributed by atoms with Gasteiger partial charge in [-0.1, -0.05) is 24.3 Å². The largest absolute Gasteiger partial charge is 0.390 e. The second-order valence-corrected chi connectivity index (χ2v) is 3.52. The van der Waals surface area contributed by atoms with Crippen molar-refractivity contribution in [2.45, 2.75) is 12.1 Å². The van der Waals surface area contributed by atoms with Crippen molar-refractivity contribution in [3.8, 4) is 0 Å². The lowest BCUT2D eigenvalue weighted by atomic mass is 10.2. The van der Waals surface area contributed by atoms with E-state index in [2.05, 4.69) is 10.6 Å². The van der Waals surface area contributed by atoms with Crippen molar-refractivity contribution in [2.24, 2.45) is 0 Å². The Labute approximate surface area is 98.5 Å². The summed E-state index contributed by atoms with van der Waals surface area (Å²) in [6.07, 6.45) is 13.4. The maximum absolute atomic E-state index is 11.6. The molecule has 0 saturated carbocycles. The van der Waals surface area contributed by atoms with Gasteiger partial charge in [-0.2, -0.15) is 0 Å². The molecule has 2 N–H and O–H groups in total. The Bertz CT molecular complexity index is 395. The standard InChI is InChI=1S/C12H12N2O3/c15-11(9-5-1-3-7-13-9)17-12(16)10-6-2-4-8-14-10/h1-10,13-14H. The van der Waals surface area contributed by atoms with Crippen molar-refractivity contribution in [1.82, 2.24) is 10.6 Å². The van der Waals surface area contributed by atoms with Gasteiger partial charge in [-0.05, 0) is 24.6 Å². The summed E-state index contributed by atoms with van der Waals surface area (Å²) in [6, 6.07) is -1.21. The Kier molecular flexibility index (Phi) is 3.40. The highest BCUT2D eigenvalue weighted by molar-refractivity contribution is 5.93. The van der Waals surface area contributed by atoms with Crippen molar-refractivity contribution in [3.63, 3.8) is 0 Å². The monoisotopic (exact) mass is 232 g/mol. The SMILES string of the molecule is O=C(OC(=O)C1C=CC=CN1)C1C=CC=CN1. The van der Waals surface area contributed by atoms with Gasteiger partial charge in [-0.25, -0.2) is 9.59 Å². The third kappa shape index (κ3) is 2.84. The van der Waals surface area contributed by atoms with Crippen LogP contribution < -0.4 is 10.6 Å². The molecule has 0 aromatic heterocycles. The highest BCUT2D eigenvalue weighted by atomic mass is 16.6. The third-order valence-electron chi connectivity index (χ3n) is 2.28. The van der Waals surface area contributed by atoms with Crippen molar-refractivity contribution in [3.05, 3.63) is 48.9 Å². The van der Waals surface area contributed by atoms with Gasteiger partial charge in [0.25, 0.3) is 0 Å². The first-order valence-corrected chi connectivity index (χ1v) is 5.22. The summed E-state index contributed by atoms with van der Waals surface area (Å²) in [5.41, 5.74) is 0. The molecule has 2 aliphatic heterocycles. The number of allylic oxidation sites excluding steroid dienone is 4. The molecule has 0 aromatic carbocycles. The van der Waals surface area contributed by atoms with Gasteiger partial charge in [0.05, 0.1) is 0 Å². The Morgan fingerprint density at radius 3 is 1.65 bits per heavy atom. The number of ether oxygens (including phenoxy) is 1. The van der Waals surface area contributed by atoms with Gasteiger partial charge in [-0.15, -0.1) is 0 Å². The van der Waals surface area contributed by atoms with Crippen molar-refractivity contribution >= 4 is 11.9 Å². The van der Waals surface area contributed by atoms with Crippen molar-refractivity contribution in [2.75, 3.05) is 0 Å². The summed E-state index contributed by atoms with van der Waals surface area (Å²) in [5.74, 6) is -1.22. The van der Waals surface area contributed by atoms with Crippen LogP contribution in [0.2, 0.25) is 0 Å². The first-order valence-electron chi connectivity index (χ1n) is 5.22.